The molecule has 120 valence electrons. The fourth-order valence-corrected chi connectivity index (χ4v) is 2.71. The highest BCUT2D eigenvalue weighted by Crippen LogP contribution is 2.35. The lowest BCUT2D eigenvalue weighted by atomic mass is 10.1. The van der Waals surface area contributed by atoms with Gasteiger partial charge in [0.05, 0.1) is 5.69 Å². The van der Waals surface area contributed by atoms with Crippen LogP contribution >= 0.6 is 11.6 Å². The van der Waals surface area contributed by atoms with E-state index in [2.05, 4.69) is 15.4 Å². The lowest BCUT2D eigenvalue weighted by Gasteiger charge is -2.06. The number of pyridine rings is 1. The van der Waals surface area contributed by atoms with Crippen molar-refractivity contribution in [1.82, 2.24) is 14.4 Å². The van der Waals surface area contributed by atoms with Gasteiger partial charge < -0.3 is 9.84 Å². The van der Waals surface area contributed by atoms with Crippen LogP contribution in [0.25, 0.3) is 28.4 Å². The lowest BCUT2D eigenvalue weighted by molar-refractivity contribution is 0.596. The maximum atomic E-state index is 14.4. The molecule has 0 radical (unpaired) electrons. The maximum absolute atomic E-state index is 14.4. The molecular formula is C16H11ClFN5O. The Morgan fingerprint density at radius 3 is 2.83 bits per heavy atom. The van der Waals surface area contributed by atoms with Crippen molar-refractivity contribution in [3.8, 4) is 22.5 Å². The Balaban J connectivity index is 1.97. The monoisotopic (exact) mass is 343 g/mol. The van der Waals surface area contributed by atoms with Gasteiger partial charge in [-0.05, 0) is 30.3 Å². The third-order valence-electron chi connectivity index (χ3n) is 3.63. The molecule has 0 aliphatic heterocycles. The van der Waals surface area contributed by atoms with Gasteiger partial charge in [0, 0.05) is 28.5 Å². The molecular weight excluding hydrogens is 333 g/mol. The van der Waals surface area contributed by atoms with E-state index in [9.17, 15) is 4.39 Å². The molecule has 0 aliphatic carbocycles. The molecule has 0 aliphatic rings. The summed E-state index contributed by atoms with van der Waals surface area (Å²) in [6, 6.07) is 7.99. The molecule has 3 heterocycles. The highest BCUT2D eigenvalue weighted by Gasteiger charge is 2.20. The Morgan fingerprint density at radius 1 is 1.25 bits per heavy atom. The van der Waals surface area contributed by atoms with Gasteiger partial charge in [0.2, 0.25) is 0 Å². The second-order valence-corrected chi connectivity index (χ2v) is 5.50. The van der Waals surface area contributed by atoms with Crippen molar-refractivity contribution in [3.05, 3.63) is 59.8 Å². The molecule has 4 rings (SSSR count). The number of nitrogen functional groups attached to an aromatic ring is 1. The quantitative estimate of drug-likeness (QED) is 0.437. The number of oxazole rings is 1. The minimum Gasteiger partial charge on any atom is -0.432 e. The van der Waals surface area contributed by atoms with E-state index in [1.807, 2.05) is 6.07 Å². The van der Waals surface area contributed by atoms with E-state index >= 15 is 0 Å². The van der Waals surface area contributed by atoms with E-state index in [0.717, 1.165) is 5.56 Å². The molecule has 6 nitrogen and oxygen atoms in total. The number of hydrazine groups is 1. The number of halogens is 2. The van der Waals surface area contributed by atoms with Crippen molar-refractivity contribution < 1.29 is 8.81 Å². The first-order chi connectivity index (χ1) is 11.7. The van der Waals surface area contributed by atoms with Crippen molar-refractivity contribution in [1.29, 1.82) is 0 Å². The number of nitrogens with zero attached hydrogens (tertiary/aromatic N) is 3. The van der Waals surface area contributed by atoms with Crippen molar-refractivity contribution in [2.24, 2.45) is 5.84 Å². The molecule has 3 N–H and O–H groups in total. The van der Waals surface area contributed by atoms with E-state index in [1.165, 1.54) is 12.3 Å². The molecule has 0 unspecified atom stereocenters. The third-order valence-corrected chi connectivity index (χ3v) is 3.87. The minimum atomic E-state index is -0.460. The Morgan fingerprint density at radius 2 is 2.12 bits per heavy atom. The summed E-state index contributed by atoms with van der Waals surface area (Å²) >= 11 is 5.84. The number of nitrogens with two attached hydrogens (primary N) is 1. The highest BCUT2D eigenvalue weighted by atomic mass is 35.5. The van der Waals surface area contributed by atoms with Gasteiger partial charge in [-0.1, -0.05) is 11.6 Å². The summed E-state index contributed by atoms with van der Waals surface area (Å²) in [6.45, 7) is 0. The molecule has 1 aromatic carbocycles. The molecule has 4 aromatic rings. The molecule has 24 heavy (non-hydrogen) atoms. The average molecular weight is 344 g/mol. The number of benzene rings is 1. The first kappa shape index (κ1) is 14.7. The number of nitrogens with one attached hydrogen (secondary N) is 1. The second-order valence-electron chi connectivity index (χ2n) is 5.07. The molecule has 0 atom stereocenters. The summed E-state index contributed by atoms with van der Waals surface area (Å²) in [4.78, 5) is 8.59. The molecule has 0 fully saturated rings. The average Bonchev–Trinajstić information content (AvgIpc) is 3.16. The van der Waals surface area contributed by atoms with Crippen LogP contribution in [0.15, 0.2) is 53.4 Å². The van der Waals surface area contributed by atoms with Gasteiger partial charge in [-0.2, -0.15) is 4.98 Å². The first-order valence-corrected chi connectivity index (χ1v) is 7.39. The zero-order valence-corrected chi connectivity index (χ0v) is 13.0. The van der Waals surface area contributed by atoms with Gasteiger partial charge in [0.25, 0.3) is 0 Å². The predicted molar refractivity (Wildman–Crippen MR) is 88.9 cm³/mol. The van der Waals surface area contributed by atoms with Gasteiger partial charge in [0.15, 0.2) is 0 Å². The van der Waals surface area contributed by atoms with Crippen LogP contribution in [-0.4, -0.2) is 14.4 Å². The zero-order chi connectivity index (χ0) is 16.7. The normalized spacial score (nSPS) is 11.1. The molecule has 3 aromatic heterocycles. The van der Waals surface area contributed by atoms with E-state index < -0.39 is 5.82 Å². The Hall–Kier alpha value is -2.90. The standard InChI is InChI=1S/C16H11ClFN5O/c17-10-2-3-11(12(18)7-10)14-15(23-5-6-24-16(23)21-14)9-1-4-13(22-19)20-8-9/h1-8H,19H2,(H,20,22). The van der Waals surface area contributed by atoms with Gasteiger partial charge in [-0.3, -0.25) is 4.40 Å². The van der Waals surface area contributed by atoms with Gasteiger partial charge in [0.1, 0.15) is 23.6 Å². The summed E-state index contributed by atoms with van der Waals surface area (Å²) in [7, 11) is 0. The minimum absolute atomic E-state index is 0.320. The summed E-state index contributed by atoms with van der Waals surface area (Å²) in [5, 5.41) is 0.320. The number of rotatable bonds is 3. The fourth-order valence-electron chi connectivity index (χ4n) is 2.55. The van der Waals surface area contributed by atoms with Crippen LogP contribution in [0, 0.1) is 5.82 Å². The number of fused-ring (bicyclic) bond motifs is 1. The molecule has 8 heteroatoms. The van der Waals surface area contributed by atoms with Crippen molar-refractivity contribution in [2.75, 3.05) is 5.43 Å². The van der Waals surface area contributed by atoms with Gasteiger partial charge in [-0.25, -0.2) is 15.2 Å². The maximum Gasteiger partial charge on any atom is 0.306 e. The van der Waals surface area contributed by atoms with E-state index in [4.69, 9.17) is 21.9 Å². The Bertz CT molecular complexity index is 1020. The van der Waals surface area contributed by atoms with E-state index in [0.29, 0.717) is 33.6 Å². The summed E-state index contributed by atoms with van der Waals surface area (Å²) in [6.07, 6.45) is 4.85. The van der Waals surface area contributed by atoms with Crippen molar-refractivity contribution in [3.63, 3.8) is 0 Å². The Kier molecular flexibility index (Phi) is 3.44. The van der Waals surface area contributed by atoms with E-state index in [1.54, 1.807) is 35.0 Å². The number of hydrogen-bond donors (Lipinski definition) is 2. The SMILES string of the molecule is NNc1ccc(-c2c(-c3ccc(Cl)cc3F)nc3occn23)cn1. The first-order valence-electron chi connectivity index (χ1n) is 7.01. The Labute approximate surface area is 140 Å². The topological polar surface area (TPSA) is 81.4 Å². The number of anilines is 1. The van der Waals surface area contributed by atoms with Crippen LogP contribution in [0.5, 0.6) is 0 Å². The zero-order valence-electron chi connectivity index (χ0n) is 12.2. The predicted octanol–water partition coefficient (Wildman–Crippen LogP) is 3.73. The van der Waals surface area contributed by atoms with Crippen molar-refractivity contribution >= 4 is 23.3 Å². The summed E-state index contributed by atoms with van der Waals surface area (Å²) < 4.78 is 21.5. The number of hydrogen-bond acceptors (Lipinski definition) is 5. The molecule has 0 saturated carbocycles. The molecule has 0 saturated heterocycles. The largest absolute Gasteiger partial charge is 0.432 e. The van der Waals surface area contributed by atoms with Gasteiger partial charge in [-0.15, -0.1) is 0 Å². The summed E-state index contributed by atoms with van der Waals surface area (Å²) in [5.41, 5.74) is 4.64. The lowest BCUT2D eigenvalue weighted by Crippen LogP contribution is -2.08. The molecule has 0 amide bonds. The van der Waals surface area contributed by atoms with Crippen LogP contribution in [0.2, 0.25) is 5.02 Å². The highest BCUT2D eigenvalue weighted by molar-refractivity contribution is 6.30. The van der Waals surface area contributed by atoms with Crippen LogP contribution in [-0.2, 0) is 0 Å². The van der Waals surface area contributed by atoms with Crippen LogP contribution in [0.1, 0.15) is 0 Å². The smallest absolute Gasteiger partial charge is 0.306 e. The second kappa shape index (κ2) is 5.63. The van der Waals surface area contributed by atoms with E-state index in [-0.39, 0.29) is 0 Å². The number of aromatic nitrogens is 3. The van der Waals surface area contributed by atoms with Crippen LogP contribution in [0.4, 0.5) is 10.2 Å². The van der Waals surface area contributed by atoms with Crippen molar-refractivity contribution in [2.45, 2.75) is 0 Å². The number of imidazole rings is 1. The molecule has 0 bridgehead atoms. The fraction of sp³-hybridized carbons (Fsp3) is 0. The summed E-state index contributed by atoms with van der Waals surface area (Å²) in [5.74, 6) is 5.76. The third kappa shape index (κ3) is 2.31. The van der Waals surface area contributed by atoms with Crippen LogP contribution < -0.4 is 11.3 Å². The molecule has 0 spiro atoms. The van der Waals surface area contributed by atoms with Crippen LogP contribution in [0.3, 0.4) is 0 Å². The van der Waals surface area contributed by atoms with Gasteiger partial charge >= 0.3 is 5.84 Å².